The van der Waals surface area contributed by atoms with Crippen molar-refractivity contribution in [2.75, 3.05) is 19.8 Å². The fraction of sp³-hybridized carbons (Fsp3) is 0.917. The monoisotopic (exact) mass is 229 g/mol. The van der Waals surface area contributed by atoms with E-state index in [0.717, 1.165) is 38.7 Å². The van der Waals surface area contributed by atoms with E-state index < -0.39 is 0 Å². The van der Waals surface area contributed by atoms with E-state index in [-0.39, 0.29) is 17.9 Å². The van der Waals surface area contributed by atoms with Crippen molar-refractivity contribution in [2.45, 2.75) is 45.1 Å². The van der Waals surface area contributed by atoms with Crippen LogP contribution in [-0.2, 0) is 14.3 Å². The maximum atomic E-state index is 11.6. The zero-order valence-electron chi connectivity index (χ0n) is 10.1. The molecule has 0 aromatic heterocycles. The fourth-order valence-electron chi connectivity index (χ4n) is 1.92. The van der Waals surface area contributed by atoms with Gasteiger partial charge in [-0.1, -0.05) is 6.92 Å². The summed E-state index contributed by atoms with van der Waals surface area (Å²) in [5.41, 5.74) is 5.78. The average Bonchev–Trinajstić information content (AvgIpc) is 2.29. The summed E-state index contributed by atoms with van der Waals surface area (Å²) in [6.07, 6.45) is 4.61. The summed E-state index contributed by atoms with van der Waals surface area (Å²) in [7, 11) is 0. The Balaban J connectivity index is 2.06. The van der Waals surface area contributed by atoms with Crippen LogP contribution in [0.15, 0.2) is 0 Å². The summed E-state index contributed by atoms with van der Waals surface area (Å²) in [4.78, 5) is 11.6. The number of hydrogen-bond donors (Lipinski definition) is 1. The van der Waals surface area contributed by atoms with Gasteiger partial charge in [-0.25, -0.2) is 0 Å². The third kappa shape index (κ3) is 4.94. The quantitative estimate of drug-likeness (QED) is 0.553. The molecule has 0 atom stereocenters. The molecule has 94 valence electrons. The van der Waals surface area contributed by atoms with Crippen LogP contribution in [0, 0.1) is 5.92 Å². The molecule has 0 saturated heterocycles. The molecule has 16 heavy (non-hydrogen) atoms. The minimum Gasteiger partial charge on any atom is -0.463 e. The second-order valence-corrected chi connectivity index (χ2v) is 4.39. The topological polar surface area (TPSA) is 61.5 Å². The molecule has 0 aromatic carbocycles. The van der Waals surface area contributed by atoms with E-state index in [4.69, 9.17) is 15.2 Å². The van der Waals surface area contributed by atoms with Crippen molar-refractivity contribution in [1.29, 1.82) is 0 Å². The lowest BCUT2D eigenvalue weighted by Crippen LogP contribution is -2.31. The van der Waals surface area contributed by atoms with Crippen LogP contribution >= 0.6 is 0 Å². The van der Waals surface area contributed by atoms with Crippen LogP contribution in [-0.4, -0.2) is 31.8 Å². The van der Waals surface area contributed by atoms with Gasteiger partial charge in [-0.05, 0) is 32.1 Å². The number of hydrogen-bond acceptors (Lipinski definition) is 4. The molecule has 4 heteroatoms. The number of carbonyl (C=O) groups is 1. The standard InChI is InChI=1S/C12H23NO3/c1-2-7-15-8-9-16-12(14)10-3-5-11(13)6-4-10/h10-11H,2-9,13H2,1H3. The van der Waals surface area contributed by atoms with Crippen molar-refractivity contribution in [3.63, 3.8) is 0 Å². The van der Waals surface area contributed by atoms with Crippen LogP contribution < -0.4 is 5.73 Å². The highest BCUT2D eigenvalue weighted by atomic mass is 16.6. The zero-order valence-corrected chi connectivity index (χ0v) is 10.1. The first kappa shape index (κ1) is 13.5. The molecule has 1 aliphatic rings. The third-order valence-corrected chi connectivity index (χ3v) is 2.93. The molecule has 0 unspecified atom stereocenters. The summed E-state index contributed by atoms with van der Waals surface area (Å²) in [5, 5.41) is 0. The SMILES string of the molecule is CCCOCCOC(=O)C1CCC(N)CC1. The van der Waals surface area contributed by atoms with E-state index in [2.05, 4.69) is 6.92 Å². The van der Waals surface area contributed by atoms with Gasteiger partial charge in [0, 0.05) is 12.6 Å². The van der Waals surface area contributed by atoms with Gasteiger partial charge < -0.3 is 15.2 Å². The molecule has 1 saturated carbocycles. The summed E-state index contributed by atoms with van der Waals surface area (Å²) in [6, 6.07) is 0.275. The van der Waals surface area contributed by atoms with Crippen LogP contribution in [0.25, 0.3) is 0 Å². The Kier molecular flexibility index (Phi) is 6.42. The molecule has 0 aromatic rings. The first-order valence-electron chi connectivity index (χ1n) is 6.24. The van der Waals surface area contributed by atoms with Gasteiger partial charge in [0.25, 0.3) is 0 Å². The first-order chi connectivity index (χ1) is 7.74. The molecule has 0 spiro atoms. The van der Waals surface area contributed by atoms with Crippen LogP contribution in [0.2, 0.25) is 0 Å². The first-order valence-corrected chi connectivity index (χ1v) is 6.24. The van der Waals surface area contributed by atoms with Crippen molar-refractivity contribution in [3.8, 4) is 0 Å². The van der Waals surface area contributed by atoms with Crippen molar-refractivity contribution in [2.24, 2.45) is 11.7 Å². The van der Waals surface area contributed by atoms with Gasteiger partial charge in [0.05, 0.1) is 12.5 Å². The van der Waals surface area contributed by atoms with Gasteiger partial charge >= 0.3 is 5.97 Å². The van der Waals surface area contributed by atoms with Crippen molar-refractivity contribution in [3.05, 3.63) is 0 Å². The second-order valence-electron chi connectivity index (χ2n) is 4.39. The van der Waals surface area contributed by atoms with Gasteiger partial charge in [0.1, 0.15) is 6.61 Å². The Morgan fingerprint density at radius 1 is 1.19 bits per heavy atom. The molecule has 4 nitrogen and oxygen atoms in total. The Labute approximate surface area is 97.5 Å². The van der Waals surface area contributed by atoms with Crippen LogP contribution in [0.4, 0.5) is 0 Å². The maximum Gasteiger partial charge on any atom is 0.309 e. The second kappa shape index (κ2) is 7.63. The third-order valence-electron chi connectivity index (χ3n) is 2.93. The lowest BCUT2D eigenvalue weighted by Gasteiger charge is -2.24. The number of nitrogens with two attached hydrogens (primary N) is 1. The molecule has 1 rings (SSSR count). The molecule has 0 heterocycles. The van der Waals surface area contributed by atoms with Gasteiger partial charge in [-0.15, -0.1) is 0 Å². The van der Waals surface area contributed by atoms with E-state index in [9.17, 15) is 4.79 Å². The molecule has 0 radical (unpaired) electrons. The lowest BCUT2D eigenvalue weighted by molar-refractivity contribution is -0.151. The number of carbonyl (C=O) groups excluding carboxylic acids is 1. The highest BCUT2D eigenvalue weighted by Gasteiger charge is 2.25. The predicted octanol–water partition coefficient (Wildman–Crippen LogP) is 1.47. The Morgan fingerprint density at radius 3 is 2.50 bits per heavy atom. The minimum atomic E-state index is -0.0769. The Bertz CT molecular complexity index is 200. The largest absolute Gasteiger partial charge is 0.463 e. The smallest absolute Gasteiger partial charge is 0.309 e. The zero-order chi connectivity index (χ0) is 11.8. The summed E-state index contributed by atoms with van der Waals surface area (Å²) in [5.74, 6) is -0.0158. The Morgan fingerprint density at radius 2 is 1.88 bits per heavy atom. The van der Waals surface area contributed by atoms with E-state index >= 15 is 0 Å². The fourth-order valence-corrected chi connectivity index (χ4v) is 1.92. The summed E-state index contributed by atoms with van der Waals surface area (Å²) >= 11 is 0. The molecule has 0 bridgehead atoms. The Hall–Kier alpha value is -0.610. The van der Waals surface area contributed by atoms with Crippen molar-refractivity contribution < 1.29 is 14.3 Å². The maximum absolute atomic E-state index is 11.6. The van der Waals surface area contributed by atoms with Crippen LogP contribution in [0.1, 0.15) is 39.0 Å². The van der Waals surface area contributed by atoms with Gasteiger partial charge in [0.2, 0.25) is 0 Å². The van der Waals surface area contributed by atoms with Crippen molar-refractivity contribution >= 4 is 5.97 Å². The van der Waals surface area contributed by atoms with E-state index in [0.29, 0.717) is 13.2 Å². The molecular formula is C12H23NO3. The normalized spacial score (nSPS) is 25.4. The van der Waals surface area contributed by atoms with Gasteiger partial charge in [0.15, 0.2) is 0 Å². The number of esters is 1. The van der Waals surface area contributed by atoms with Crippen LogP contribution in [0.3, 0.4) is 0 Å². The predicted molar refractivity (Wildman–Crippen MR) is 62.0 cm³/mol. The summed E-state index contributed by atoms with van der Waals surface area (Å²) < 4.78 is 10.4. The molecule has 1 aliphatic carbocycles. The molecule has 1 fully saturated rings. The number of ether oxygens (including phenoxy) is 2. The molecular weight excluding hydrogens is 206 g/mol. The van der Waals surface area contributed by atoms with Crippen LogP contribution in [0.5, 0.6) is 0 Å². The molecule has 0 aliphatic heterocycles. The number of rotatable bonds is 6. The minimum absolute atomic E-state index is 0.0611. The van der Waals surface area contributed by atoms with Crippen molar-refractivity contribution in [1.82, 2.24) is 0 Å². The van der Waals surface area contributed by atoms with Gasteiger partial charge in [-0.3, -0.25) is 4.79 Å². The van der Waals surface area contributed by atoms with E-state index in [1.54, 1.807) is 0 Å². The van der Waals surface area contributed by atoms with E-state index in [1.807, 2.05) is 0 Å². The lowest BCUT2D eigenvalue weighted by atomic mass is 9.86. The summed E-state index contributed by atoms with van der Waals surface area (Å²) in [6.45, 7) is 3.67. The molecule has 0 amide bonds. The highest BCUT2D eigenvalue weighted by Crippen LogP contribution is 2.24. The average molecular weight is 229 g/mol. The highest BCUT2D eigenvalue weighted by molar-refractivity contribution is 5.72. The van der Waals surface area contributed by atoms with Gasteiger partial charge in [-0.2, -0.15) is 0 Å². The molecule has 2 N–H and O–H groups in total. The van der Waals surface area contributed by atoms with E-state index in [1.165, 1.54) is 0 Å².